The lowest BCUT2D eigenvalue weighted by atomic mass is 10.4. The van der Waals surface area contributed by atoms with E-state index in [9.17, 15) is 9.59 Å². The highest BCUT2D eigenvalue weighted by Crippen LogP contribution is 2.19. The third kappa shape index (κ3) is 1.44. The number of thioether (sulfide) groups is 1. The zero-order valence-electron chi connectivity index (χ0n) is 6.69. The minimum absolute atomic E-state index is 0.178. The number of aromatic amines is 1. The van der Waals surface area contributed by atoms with Crippen molar-refractivity contribution in [3.63, 3.8) is 0 Å². The average molecular weight is 197 g/mol. The molecule has 0 spiro atoms. The number of imide groups is 1. The number of rotatable bonds is 1. The maximum Gasteiger partial charge on any atom is 0.243 e. The van der Waals surface area contributed by atoms with Crippen LogP contribution >= 0.6 is 11.8 Å². The van der Waals surface area contributed by atoms with Gasteiger partial charge in [0.2, 0.25) is 11.8 Å². The Morgan fingerprint density at radius 3 is 2.62 bits per heavy atom. The van der Waals surface area contributed by atoms with Gasteiger partial charge in [0.15, 0.2) is 0 Å². The highest BCUT2D eigenvalue weighted by atomic mass is 32.2. The lowest BCUT2D eigenvalue weighted by Crippen LogP contribution is -2.42. The van der Waals surface area contributed by atoms with Gasteiger partial charge in [-0.1, -0.05) is 0 Å². The maximum atomic E-state index is 11.3. The Kier molecular flexibility index (Phi) is 2.05. The van der Waals surface area contributed by atoms with Gasteiger partial charge in [0, 0.05) is 6.20 Å². The predicted molar refractivity (Wildman–Crippen MR) is 48.4 cm³/mol. The van der Waals surface area contributed by atoms with E-state index in [1.807, 2.05) is 0 Å². The zero-order valence-corrected chi connectivity index (χ0v) is 7.50. The van der Waals surface area contributed by atoms with Crippen LogP contribution in [0.5, 0.6) is 0 Å². The van der Waals surface area contributed by atoms with Crippen LogP contribution in [0.1, 0.15) is 0 Å². The topological polar surface area (TPSA) is 66.1 Å². The lowest BCUT2D eigenvalue weighted by Gasteiger charge is -2.22. The fourth-order valence-electron chi connectivity index (χ4n) is 1.15. The SMILES string of the molecule is O=C1CSCC(=O)N1c1cn[nH]c1. The molecule has 2 amide bonds. The van der Waals surface area contributed by atoms with Gasteiger partial charge in [0.05, 0.1) is 23.4 Å². The number of amides is 2. The van der Waals surface area contributed by atoms with Gasteiger partial charge >= 0.3 is 0 Å². The Labute approximate surface area is 78.5 Å². The van der Waals surface area contributed by atoms with Gasteiger partial charge in [-0.25, -0.2) is 4.90 Å². The number of nitrogens with one attached hydrogen (secondary N) is 1. The summed E-state index contributed by atoms with van der Waals surface area (Å²) in [6, 6.07) is 0. The van der Waals surface area contributed by atoms with Gasteiger partial charge in [-0.2, -0.15) is 5.10 Å². The van der Waals surface area contributed by atoms with Crippen molar-refractivity contribution in [3.05, 3.63) is 12.4 Å². The Hall–Kier alpha value is -1.30. The standard InChI is InChI=1S/C7H7N3O2S/c11-6-3-13-4-7(12)10(6)5-1-8-9-2-5/h1-2H,3-4H2,(H,8,9). The first-order valence-corrected chi connectivity index (χ1v) is 4.87. The summed E-state index contributed by atoms with van der Waals surface area (Å²) in [5.74, 6) is 0.360. The van der Waals surface area contributed by atoms with E-state index in [1.165, 1.54) is 29.1 Å². The summed E-state index contributed by atoms with van der Waals surface area (Å²) >= 11 is 1.34. The molecule has 1 saturated heterocycles. The van der Waals surface area contributed by atoms with E-state index in [0.29, 0.717) is 17.2 Å². The summed E-state index contributed by atoms with van der Waals surface area (Å²) in [6.45, 7) is 0. The molecule has 68 valence electrons. The molecule has 2 heterocycles. The second-order valence-corrected chi connectivity index (χ2v) is 3.56. The highest BCUT2D eigenvalue weighted by molar-refractivity contribution is 8.00. The van der Waals surface area contributed by atoms with Gasteiger partial charge < -0.3 is 0 Å². The molecule has 5 nitrogen and oxygen atoms in total. The van der Waals surface area contributed by atoms with Crippen molar-refractivity contribution in [2.75, 3.05) is 16.4 Å². The van der Waals surface area contributed by atoms with E-state index < -0.39 is 0 Å². The Balaban J connectivity index is 2.29. The van der Waals surface area contributed by atoms with Crippen LogP contribution in [0.3, 0.4) is 0 Å². The van der Waals surface area contributed by atoms with Gasteiger partial charge in [-0.3, -0.25) is 14.7 Å². The maximum absolute atomic E-state index is 11.3. The second kappa shape index (κ2) is 3.21. The molecule has 1 N–H and O–H groups in total. The summed E-state index contributed by atoms with van der Waals surface area (Å²) in [5, 5.41) is 6.25. The van der Waals surface area contributed by atoms with Crippen LogP contribution in [0.2, 0.25) is 0 Å². The molecule has 2 rings (SSSR count). The van der Waals surface area contributed by atoms with E-state index >= 15 is 0 Å². The number of H-pyrrole nitrogens is 1. The molecule has 0 aromatic carbocycles. The van der Waals surface area contributed by atoms with E-state index in [0.717, 1.165) is 0 Å². The lowest BCUT2D eigenvalue weighted by molar-refractivity contribution is -0.124. The Bertz CT molecular complexity index is 320. The van der Waals surface area contributed by atoms with Crippen molar-refractivity contribution in [1.29, 1.82) is 0 Å². The summed E-state index contributed by atoms with van der Waals surface area (Å²) in [5.41, 5.74) is 0.523. The van der Waals surface area contributed by atoms with Crippen molar-refractivity contribution in [3.8, 4) is 0 Å². The highest BCUT2D eigenvalue weighted by Gasteiger charge is 2.28. The predicted octanol–water partition coefficient (Wildman–Crippen LogP) is 0.0161. The third-order valence-corrected chi connectivity index (χ3v) is 2.59. The van der Waals surface area contributed by atoms with Crippen LogP contribution in [-0.2, 0) is 9.59 Å². The molecule has 1 fully saturated rings. The van der Waals surface area contributed by atoms with Crippen molar-refractivity contribution in [2.24, 2.45) is 0 Å². The van der Waals surface area contributed by atoms with Crippen LogP contribution in [0.4, 0.5) is 5.69 Å². The molecule has 0 unspecified atom stereocenters. The summed E-state index contributed by atoms with van der Waals surface area (Å²) in [6.07, 6.45) is 3.00. The van der Waals surface area contributed by atoms with E-state index in [-0.39, 0.29) is 11.8 Å². The molecule has 0 bridgehead atoms. The number of aromatic nitrogens is 2. The largest absolute Gasteiger partial charge is 0.284 e. The van der Waals surface area contributed by atoms with Gasteiger partial charge in [-0.15, -0.1) is 11.8 Å². The Morgan fingerprint density at radius 2 is 2.08 bits per heavy atom. The number of carbonyl (C=O) groups is 2. The first-order valence-electron chi connectivity index (χ1n) is 3.71. The molecule has 1 aromatic rings. The average Bonchev–Trinajstić information content (AvgIpc) is 2.57. The molecule has 1 aliphatic rings. The number of hydrogen-bond donors (Lipinski definition) is 1. The monoisotopic (exact) mass is 197 g/mol. The molecule has 6 heteroatoms. The molecule has 0 radical (unpaired) electrons. The first kappa shape index (κ1) is 8.31. The smallest absolute Gasteiger partial charge is 0.243 e. The quantitative estimate of drug-likeness (QED) is 0.644. The van der Waals surface area contributed by atoms with Crippen LogP contribution in [-0.4, -0.2) is 33.5 Å². The minimum Gasteiger partial charge on any atom is -0.284 e. The number of anilines is 1. The molecule has 0 saturated carbocycles. The number of carbonyl (C=O) groups excluding carboxylic acids is 2. The minimum atomic E-state index is -0.178. The molecule has 13 heavy (non-hydrogen) atoms. The molecular weight excluding hydrogens is 190 g/mol. The molecule has 0 aliphatic carbocycles. The summed E-state index contributed by atoms with van der Waals surface area (Å²) < 4.78 is 0. The van der Waals surface area contributed by atoms with Crippen LogP contribution in [0.25, 0.3) is 0 Å². The van der Waals surface area contributed by atoms with Crippen LogP contribution in [0.15, 0.2) is 12.4 Å². The molecule has 0 atom stereocenters. The number of nitrogens with zero attached hydrogens (tertiary/aromatic N) is 2. The second-order valence-electron chi connectivity index (χ2n) is 2.57. The van der Waals surface area contributed by atoms with Gasteiger partial charge in [0.1, 0.15) is 0 Å². The first-order chi connectivity index (χ1) is 6.29. The van der Waals surface area contributed by atoms with Crippen molar-refractivity contribution in [1.82, 2.24) is 10.2 Å². The van der Waals surface area contributed by atoms with Gasteiger partial charge in [0.25, 0.3) is 0 Å². The molecule has 1 aliphatic heterocycles. The van der Waals surface area contributed by atoms with E-state index in [1.54, 1.807) is 0 Å². The summed E-state index contributed by atoms with van der Waals surface area (Å²) in [4.78, 5) is 23.9. The zero-order chi connectivity index (χ0) is 9.26. The Morgan fingerprint density at radius 1 is 1.38 bits per heavy atom. The molecular formula is C7H7N3O2S. The van der Waals surface area contributed by atoms with Gasteiger partial charge in [-0.05, 0) is 0 Å². The third-order valence-electron chi connectivity index (χ3n) is 1.69. The molecule has 1 aromatic heterocycles. The van der Waals surface area contributed by atoms with Crippen molar-refractivity contribution >= 4 is 29.3 Å². The normalized spacial score (nSPS) is 18.0. The van der Waals surface area contributed by atoms with E-state index in [4.69, 9.17) is 0 Å². The van der Waals surface area contributed by atoms with E-state index in [2.05, 4.69) is 10.2 Å². The number of hydrogen-bond acceptors (Lipinski definition) is 4. The van der Waals surface area contributed by atoms with Crippen LogP contribution < -0.4 is 4.90 Å². The van der Waals surface area contributed by atoms with Crippen molar-refractivity contribution in [2.45, 2.75) is 0 Å². The van der Waals surface area contributed by atoms with Crippen molar-refractivity contribution < 1.29 is 9.59 Å². The van der Waals surface area contributed by atoms with Crippen LogP contribution in [0, 0.1) is 0 Å². The fraction of sp³-hybridized carbons (Fsp3) is 0.286. The summed E-state index contributed by atoms with van der Waals surface area (Å²) in [7, 11) is 0. The fourth-order valence-corrected chi connectivity index (χ4v) is 1.86.